The average molecular weight is 204 g/mol. The molecule has 2 heteroatoms. The number of hydrogen-bond donors (Lipinski definition) is 0. The van der Waals surface area contributed by atoms with Crippen LogP contribution in [0, 0.1) is 6.92 Å². The standard InChI is InChI=1S/C13H16O2/c1-9(2)13(14)15-11(4)12-7-5-10(3)6-8-12/h5-8,11H,1H2,2-4H3. The number of aryl methyl sites for hydroxylation is 1. The van der Waals surface area contributed by atoms with Gasteiger partial charge >= 0.3 is 5.97 Å². The first-order valence-corrected chi connectivity index (χ1v) is 4.93. The first-order valence-electron chi connectivity index (χ1n) is 4.93. The Balaban J connectivity index is 2.69. The summed E-state index contributed by atoms with van der Waals surface area (Å²) < 4.78 is 5.20. The Morgan fingerprint density at radius 2 is 1.87 bits per heavy atom. The molecule has 0 fully saturated rings. The fourth-order valence-corrected chi connectivity index (χ4v) is 1.17. The Hall–Kier alpha value is -1.57. The first kappa shape index (κ1) is 11.5. The van der Waals surface area contributed by atoms with Gasteiger partial charge in [-0.1, -0.05) is 36.4 Å². The van der Waals surface area contributed by atoms with Crippen molar-refractivity contribution in [3.05, 3.63) is 47.5 Å². The minimum atomic E-state index is -0.344. The van der Waals surface area contributed by atoms with Gasteiger partial charge in [0.1, 0.15) is 6.10 Å². The molecule has 1 rings (SSSR count). The van der Waals surface area contributed by atoms with Gasteiger partial charge in [0.25, 0.3) is 0 Å². The summed E-state index contributed by atoms with van der Waals surface area (Å²) in [6, 6.07) is 7.93. The van der Waals surface area contributed by atoms with Crippen molar-refractivity contribution in [2.45, 2.75) is 26.9 Å². The van der Waals surface area contributed by atoms with Crippen molar-refractivity contribution in [1.29, 1.82) is 0 Å². The Morgan fingerprint density at radius 3 is 2.33 bits per heavy atom. The Bertz CT molecular complexity index is 363. The largest absolute Gasteiger partial charge is 0.454 e. The molecule has 80 valence electrons. The molecular weight excluding hydrogens is 188 g/mol. The molecule has 0 bridgehead atoms. The number of ether oxygens (including phenoxy) is 1. The maximum absolute atomic E-state index is 11.3. The molecule has 0 aliphatic rings. The number of carbonyl (C=O) groups is 1. The zero-order chi connectivity index (χ0) is 11.4. The van der Waals surface area contributed by atoms with Crippen molar-refractivity contribution in [2.24, 2.45) is 0 Å². The van der Waals surface area contributed by atoms with Gasteiger partial charge < -0.3 is 4.74 Å². The van der Waals surface area contributed by atoms with Crippen LogP contribution in [0.25, 0.3) is 0 Å². The summed E-state index contributed by atoms with van der Waals surface area (Å²) >= 11 is 0. The van der Waals surface area contributed by atoms with Crippen LogP contribution in [-0.4, -0.2) is 5.97 Å². The molecule has 0 aliphatic carbocycles. The molecule has 1 atom stereocenters. The molecule has 1 unspecified atom stereocenters. The van der Waals surface area contributed by atoms with E-state index in [1.54, 1.807) is 6.92 Å². The van der Waals surface area contributed by atoms with E-state index >= 15 is 0 Å². The highest BCUT2D eigenvalue weighted by Gasteiger charge is 2.11. The highest BCUT2D eigenvalue weighted by Crippen LogP contribution is 2.18. The zero-order valence-corrected chi connectivity index (χ0v) is 9.41. The highest BCUT2D eigenvalue weighted by molar-refractivity contribution is 5.87. The molecule has 0 saturated heterocycles. The summed E-state index contributed by atoms with van der Waals surface area (Å²) in [7, 11) is 0. The molecule has 0 aromatic heterocycles. The molecule has 0 amide bonds. The van der Waals surface area contributed by atoms with Crippen LogP contribution in [0.1, 0.15) is 31.1 Å². The monoisotopic (exact) mass is 204 g/mol. The summed E-state index contributed by atoms with van der Waals surface area (Å²) in [5.74, 6) is -0.344. The average Bonchev–Trinajstić information content (AvgIpc) is 2.18. The van der Waals surface area contributed by atoms with Gasteiger partial charge in [0.2, 0.25) is 0 Å². The number of rotatable bonds is 3. The fraction of sp³-hybridized carbons (Fsp3) is 0.308. The Morgan fingerprint density at radius 1 is 1.33 bits per heavy atom. The van der Waals surface area contributed by atoms with Gasteiger partial charge in [-0.05, 0) is 26.3 Å². The molecule has 0 radical (unpaired) electrons. The normalized spacial score (nSPS) is 11.9. The summed E-state index contributed by atoms with van der Waals surface area (Å²) in [6.45, 7) is 9.06. The number of esters is 1. The number of benzene rings is 1. The third kappa shape index (κ3) is 3.24. The van der Waals surface area contributed by atoms with Gasteiger partial charge in [-0.15, -0.1) is 0 Å². The lowest BCUT2D eigenvalue weighted by atomic mass is 10.1. The van der Waals surface area contributed by atoms with Crippen molar-refractivity contribution in [3.63, 3.8) is 0 Å². The summed E-state index contributed by atoms with van der Waals surface area (Å²) in [6.07, 6.45) is -0.227. The third-order valence-corrected chi connectivity index (χ3v) is 2.18. The van der Waals surface area contributed by atoms with Crippen molar-refractivity contribution >= 4 is 5.97 Å². The molecule has 0 heterocycles. The van der Waals surface area contributed by atoms with Crippen molar-refractivity contribution < 1.29 is 9.53 Å². The predicted octanol–water partition coefficient (Wildman–Crippen LogP) is 3.18. The zero-order valence-electron chi connectivity index (χ0n) is 9.41. The molecule has 0 saturated carbocycles. The van der Waals surface area contributed by atoms with Crippen LogP contribution in [0.5, 0.6) is 0 Å². The van der Waals surface area contributed by atoms with Crippen LogP contribution in [0.4, 0.5) is 0 Å². The lowest BCUT2D eigenvalue weighted by molar-refractivity contribution is -0.143. The summed E-state index contributed by atoms with van der Waals surface area (Å²) in [4.78, 5) is 11.3. The minimum Gasteiger partial charge on any atom is -0.454 e. The summed E-state index contributed by atoms with van der Waals surface area (Å²) in [5.41, 5.74) is 2.61. The van der Waals surface area contributed by atoms with Crippen LogP contribution in [-0.2, 0) is 9.53 Å². The van der Waals surface area contributed by atoms with Gasteiger partial charge in [-0.3, -0.25) is 0 Å². The maximum Gasteiger partial charge on any atom is 0.333 e. The van der Waals surface area contributed by atoms with E-state index in [4.69, 9.17) is 4.74 Å². The number of hydrogen-bond acceptors (Lipinski definition) is 2. The second-order valence-electron chi connectivity index (χ2n) is 3.74. The van der Waals surface area contributed by atoms with Crippen LogP contribution >= 0.6 is 0 Å². The molecule has 0 N–H and O–H groups in total. The van der Waals surface area contributed by atoms with E-state index in [0.717, 1.165) is 5.56 Å². The van der Waals surface area contributed by atoms with Crippen molar-refractivity contribution in [1.82, 2.24) is 0 Å². The minimum absolute atomic E-state index is 0.227. The molecule has 15 heavy (non-hydrogen) atoms. The molecule has 0 aliphatic heterocycles. The summed E-state index contributed by atoms with van der Waals surface area (Å²) in [5, 5.41) is 0. The molecule has 1 aromatic rings. The van der Waals surface area contributed by atoms with Gasteiger partial charge in [0, 0.05) is 5.57 Å². The smallest absolute Gasteiger partial charge is 0.333 e. The predicted molar refractivity (Wildman–Crippen MR) is 60.5 cm³/mol. The number of carbonyl (C=O) groups excluding carboxylic acids is 1. The topological polar surface area (TPSA) is 26.3 Å². The van der Waals surface area contributed by atoms with Crippen LogP contribution < -0.4 is 0 Å². The highest BCUT2D eigenvalue weighted by atomic mass is 16.5. The third-order valence-electron chi connectivity index (χ3n) is 2.18. The maximum atomic E-state index is 11.3. The van der Waals surface area contributed by atoms with E-state index in [-0.39, 0.29) is 12.1 Å². The van der Waals surface area contributed by atoms with Gasteiger partial charge in [-0.2, -0.15) is 0 Å². The van der Waals surface area contributed by atoms with E-state index in [1.165, 1.54) is 5.56 Å². The quantitative estimate of drug-likeness (QED) is 0.558. The van der Waals surface area contributed by atoms with Gasteiger partial charge in [-0.25, -0.2) is 4.79 Å². The Kier molecular flexibility index (Phi) is 3.67. The molecule has 0 spiro atoms. The van der Waals surface area contributed by atoms with Gasteiger partial charge in [0.15, 0.2) is 0 Å². The Labute approximate surface area is 90.6 Å². The van der Waals surface area contributed by atoms with Crippen LogP contribution in [0.15, 0.2) is 36.4 Å². The van der Waals surface area contributed by atoms with Crippen LogP contribution in [0.3, 0.4) is 0 Å². The van der Waals surface area contributed by atoms with Gasteiger partial charge in [0.05, 0.1) is 0 Å². The fourth-order valence-electron chi connectivity index (χ4n) is 1.17. The van der Waals surface area contributed by atoms with E-state index in [2.05, 4.69) is 6.58 Å². The first-order chi connectivity index (χ1) is 7.00. The van der Waals surface area contributed by atoms with E-state index in [0.29, 0.717) is 5.57 Å². The SMILES string of the molecule is C=C(C)C(=O)OC(C)c1ccc(C)cc1. The van der Waals surface area contributed by atoms with E-state index in [1.807, 2.05) is 38.1 Å². The lowest BCUT2D eigenvalue weighted by Crippen LogP contribution is -2.09. The second-order valence-corrected chi connectivity index (χ2v) is 3.74. The van der Waals surface area contributed by atoms with E-state index < -0.39 is 0 Å². The van der Waals surface area contributed by atoms with Crippen molar-refractivity contribution in [2.75, 3.05) is 0 Å². The molecule has 2 nitrogen and oxygen atoms in total. The van der Waals surface area contributed by atoms with E-state index in [9.17, 15) is 4.79 Å². The second kappa shape index (κ2) is 4.78. The van der Waals surface area contributed by atoms with Crippen LogP contribution in [0.2, 0.25) is 0 Å². The lowest BCUT2D eigenvalue weighted by Gasteiger charge is -2.13. The molecule has 1 aromatic carbocycles. The molecular formula is C13H16O2. The van der Waals surface area contributed by atoms with Crippen molar-refractivity contribution in [3.8, 4) is 0 Å².